The molecule has 116 valence electrons. The number of halogens is 2. The summed E-state index contributed by atoms with van der Waals surface area (Å²) in [4.78, 5) is 11.8. The zero-order valence-corrected chi connectivity index (χ0v) is 13.0. The van der Waals surface area contributed by atoms with E-state index in [9.17, 15) is 9.90 Å². The second-order valence-electron chi connectivity index (χ2n) is 4.95. The second kappa shape index (κ2) is 7.96. The van der Waals surface area contributed by atoms with Gasteiger partial charge in [0.1, 0.15) is 0 Å². The number of morpholine rings is 1. The van der Waals surface area contributed by atoms with Crippen LogP contribution < -0.4 is 10.6 Å². The predicted octanol–water partition coefficient (Wildman–Crippen LogP) is 1.52. The number of nitrogens with one attached hydrogen (secondary N) is 2. The van der Waals surface area contributed by atoms with Gasteiger partial charge in [0.2, 0.25) is 5.91 Å². The third kappa shape index (κ3) is 5.45. The van der Waals surface area contributed by atoms with E-state index in [0.717, 1.165) is 6.54 Å². The fourth-order valence-electron chi connectivity index (χ4n) is 2.14. The quantitative estimate of drug-likeness (QED) is 0.764. The predicted molar refractivity (Wildman–Crippen MR) is 81.7 cm³/mol. The Morgan fingerprint density at radius 2 is 2.14 bits per heavy atom. The number of carbonyl (C=O) groups is 1. The minimum Gasteiger partial charge on any atom is -0.387 e. The van der Waals surface area contributed by atoms with Gasteiger partial charge in [0, 0.05) is 35.6 Å². The van der Waals surface area contributed by atoms with Crippen LogP contribution in [-0.4, -0.2) is 43.4 Å². The fourth-order valence-corrected chi connectivity index (χ4v) is 2.69. The van der Waals surface area contributed by atoms with Crippen LogP contribution in [0.3, 0.4) is 0 Å². The first-order valence-corrected chi connectivity index (χ1v) is 7.52. The smallest absolute Gasteiger partial charge is 0.221 e. The van der Waals surface area contributed by atoms with Crippen LogP contribution in [-0.2, 0) is 9.53 Å². The van der Waals surface area contributed by atoms with Crippen LogP contribution in [0.4, 0.5) is 0 Å². The van der Waals surface area contributed by atoms with Crippen LogP contribution in [0.25, 0.3) is 0 Å². The molecule has 2 rings (SSSR count). The Morgan fingerprint density at radius 3 is 2.76 bits per heavy atom. The van der Waals surface area contributed by atoms with E-state index in [-0.39, 0.29) is 18.5 Å². The van der Waals surface area contributed by atoms with Gasteiger partial charge >= 0.3 is 0 Å². The van der Waals surface area contributed by atoms with Gasteiger partial charge in [0.15, 0.2) is 0 Å². The van der Waals surface area contributed by atoms with Crippen molar-refractivity contribution in [3.05, 3.63) is 33.8 Å². The largest absolute Gasteiger partial charge is 0.387 e. The van der Waals surface area contributed by atoms with Gasteiger partial charge in [-0.3, -0.25) is 4.79 Å². The number of aliphatic hydroxyl groups is 1. The Morgan fingerprint density at radius 1 is 1.43 bits per heavy atom. The lowest BCUT2D eigenvalue weighted by atomic mass is 10.1. The van der Waals surface area contributed by atoms with Crippen LogP contribution in [0.2, 0.25) is 10.0 Å². The lowest BCUT2D eigenvalue weighted by Gasteiger charge is -2.23. The molecule has 5 nitrogen and oxygen atoms in total. The van der Waals surface area contributed by atoms with E-state index in [1.165, 1.54) is 0 Å². The molecule has 3 N–H and O–H groups in total. The molecule has 2 atom stereocenters. The van der Waals surface area contributed by atoms with Crippen molar-refractivity contribution in [2.45, 2.75) is 18.6 Å². The van der Waals surface area contributed by atoms with Gasteiger partial charge in [-0.05, 0) is 23.8 Å². The molecule has 1 aliphatic heterocycles. The molecule has 1 amide bonds. The maximum atomic E-state index is 11.8. The summed E-state index contributed by atoms with van der Waals surface area (Å²) in [6.45, 7) is 2.07. The van der Waals surface area contributed by atoms with Crippen molar-refractivity contribution < 1.29 is 14.6 Å². The summed E-state index contributed by atoms with van der Waals surface area (Å²) in [5.41, 5.74) is 0.576. The Kier molecular flexibility index (Phi) is 6.26. The highest BCUT2D eigenvalue weighted by Crippen LogP contribution is 2.23. The maximum Gasteiger partial charge on any atom is 0.221 e. The molecule has 21 heavy (non-hydrogen) atoms. The summed E-state index contributed by atoms with van der Waals surface area (Å²) < 4.78 is 5.28. The Bertz CT molecular complexity index is 473. The van der Waals surface area contributed by atoms with E-state index >= 15 is 0 Å². The van der Waals surface area contributed by atoms with Gasteiger partial charge in [-0.1, -0.05) is 23.2 Å². The van der Waals surface area contributed by atoms with Crippen LogP contribution in [0.15, 0.2) is 18.2 Å². The molecule has 0 spiro atoms. The van der Waals surface area contributed by atoms with Crippen LogP contribution in [0, 0.1) is 0 Å². The highest BCUT2D eigenvalue weighted by atomic mass is 35.5. The lowest BCUT2D eigenvalue weighted by molar-refractivity contribution is -0.122. The minimum absolute atomic E-state index is 0.0245. The number of rotatable bonds is 5. The van der Waals surface area contributed by atoms with E-state index in [0.29, 0.717) is 35.2 Å². The monoisotopic (exact) mass is 332 g/mol. The number of benzene rings is 1. The topological polar surface area (TPSA) is 70.6 Å². The molecule has 0 aliphatic carbocycles. The Labute approximate surface area is 133 Å². The molecule has 0 radical (unpaired) electrons. The fraction of sp³-hybridized carbons (Fsp3) is 0.500. The summed E-state index contributed by atoms with van der Waals surface area (Å²) in [7, 11) is 0. The lowest BCUT2D eigenvalue weighted by Crippen LogP contribution is -2.44. The van der Waals surface area contributed by atoms with Gasteiger partial charge in [-0.15, -0.1) is 0 Å². The molecule has 1 aliphatic rings. The number of carbonyl (C=O) groups excluding carboxylic acids is 1. The number of hydrogen-bond donors (Lipinski definition) is 3. The average Bonchev–Trinajstić information content (AvgIpc) is 2.45. The molecule has 1 aromatic carbocycles. The van der Waals surface area contributed by atoms with Gasteiger partial charge in [-0.25, -0.2) is 0 Å². The highest BCUT2D eigenvalue weighted by Gasteiger charge is 2.17. The molecule has 0 aromatic heterocycles. The van der Waals surface area contributed by atoms with Gasteiger partial charge in [-0.2, -0.15) is 0 Å². The molecule has 1 fully saturated rings. The SMILES string of the molecule is O=C(CC1COCCN1)NCC(O)c1cc(Cl)cc(Cl)c1. The molecule has 2 unspecified atom stereocenters. The standard InChI is InChI=1S/C14H18Cl2N2O3/c15-10-3-9(4-11(16)5-10)13(19)7-18-14(20)6-12-8-21-2-1-17-12/h3-5,12-13,17,19H,1-2,6-8H2,(H,18,20). The zero-order chi connectivity index (χ0) is 15.2. The highest BCUT2D eigenvalue weighted by molar-refractivity contribution is 6.34. The summed E-state index contributed by atoms with van der Waals surface area (Å²) in [6, 6.07) is 4.87. The van der Waals surface area contributed by atoms with E-state index in [1.54, 1.807) is 18.2 Å². The molecular formula is C14H18Cl2N2O3. The van der Waals surface area contributed by atoms with Crippen LogP contribution in [0.1, 0.15) is 18.1 Å². The Balaban J connectivity index is 1.79. The van der Waals surface area contributed by atoms with E-state index in [1.807, 2.05) is 0 Å². The van der Waals surface area contributed by atoms with Crippen molar-refractivity contribution in [1.82, 2.24) is 10.6 Å². The summed E-state index contributed by atoms with van der Waals surface area (Å²) >= 11 is 11.8. The Hall–Kier alpha value is -0.850. The molecular weight excluding hydrogens is 315 g/mol. The second-order valence-corrected chi connectivity index (χ2v) is 5.83. The molecule has 1 saturated heterocycles. The normalized spacial score (nSPS) is 20.0. The number of aliphatic hydroxyl groups excluding tert-OH is 1. The zero-order valence-electron chi connectivity index (χ0n) is 11.4. The molecule has 1 aromatic rings. The molecule has 0 bridgehead atoms. The summed E-state index contributed by atoms with van der Waals surface area (Å²) in [6.07, 6.45) is -0.524. The molecule has 0 saturated carbocycles. The van der Waals surface area contributed by atoms with Crippen molar-refractivity contribution in [1.29, 1.82) is 0 Å². The van der Waals surface area contributed by atoms with Crippen molar-refractivity contribution in [3.63, 3.8) is 0 Å². The van der Waals surface area contributed by atoms with Gasteiger partial charge in [0.05, 0.1) is 19.3 Å². The van der Waals surface area contributed by atoms with Crippen molar-refractivity contribution in [3.8, 4) is 0 Å². The molecule has 7 heteroatoms. The number of amides is 1. The van der Waals surface area contributed by atoms with E-state index in [4.69, 9.17) is 27.9 Å². The van der Waals surface area contributed by atoms with Crippen molar-refractivity contribution in [2.24, 2.45) is 0 Å². The minimum atomic E-state index is -0.847. The average molecular weight is 333 g/mol. The third-order valence-corrected chi connectivity index (χ3v) is 3.63. The van der Waals surface area contributed by atoms with Crippen LogP contribution >= 0.6 is 23.2 Å². The van der Waals surface area contributed by atoms with E-state index < -0.39 is 6.10 Å². The molecule has 1 heterocycles. The summed E-state index contributed by atoms with van der Waals surface area (Å²) in [5.74, 6) is -0.134. The van der Waals surface area contributed by atoms with Gasteiger partial charge < -0.3 is 20.5 Å². The number of ether oxygens (including phenoxy) is 1. The summed E-state index contributed by atoms with van der Waals surface area (Å²) in [5, 5.41) is 16.9. The first kappa shape index (κ1) is 16.5. The van der Waals surface area contributed by atoms with Crippen LogP contribution in [0.5, 0.6) is 0 Å². The number of hydrogen-bond acceptors (Lipinski definition) is 4. The maximum absolute atomic E-state index is 11.8. The van der Waals surface area contributed by atoms with Crippen molar-refractivity contribution in [2.75, 3.05) is 26.3 Å². The third-order valence-electron chi connectivity index (χ3n) is 3.19. The van der Waals surface area contributed by atoms with Crippen molar-refractivity contribution >= 4 is 29.1 Å². The van der Waals surface area contributed by atoms with E-state index in [2.05, 4.69) is 10.6 Å². The van der Waals surface area contributed by atoms with Gasteiger partial charge in [0.25, 0.3) is 0 Å². The first-order valence-electron chi connectivity index (χ1n) is 6.76. The first-order chi connectivity index (χ1) is 10.0.